The number of hydrogen-bond acceptors (Lipinski definition) is 3. The lowest BCUT2D eigenvalue weighted by Gasteiger charge is -2.23. The van der Waals surface area contributed by atoms with Crippen LogP contribution in [0.1, 0.15) is 11.1 Å². The van der Waals surface area contributed by atoms with E-state index in [9.17, 15) is 0 Å². The number of aryl methyl sites for hydroxylation is 1. The molecule has 1 aromatic rings. The Hall–Kier alpha value is -1.10. The van der Waals surface area contributed by atoms with Gasteiger partial charge in [-0.1, -0.05) is 12.1 Å². The van der Waals surface area contributed by atoms with Crippen LogP contribution in [-0.2, 0) is 9.47 Å². The van der Waals surface area contributed by atoms with Crippen molar-refractivity contribution in [3.63, 3.8) is 0 Å². The predicted octanol–water partition coefficient (Wildman–Crippen LogP) is 0.614. The van der Waals surface area contributed by atoms with Crippen molar-refractivity contribution in [1.82, 2.24) is 0 Å². The number of ether oxygens (including phenoxy) is 3. The van der Waals surface area contributed by atoms with E-state index in [1.807, 2.05) is 12.1 Å². The lowest BCUT2D eigenvalue weighted by atomic mass is 10.1. The fourth-order valence-electron chi connectivity index (χ4n) is 2.32. The molecule has 0 radical (unpaired) electrons. The number of benzene rings is 1. The molecule has 20 heavy (non-hydrogen) atoms. The van der Waals surface area contributed by atoms with Gasteiger partial charge in [0.1, 0.15) is 32.0 Å². The molecule has 0 amide bonds. The van der Waals surface area contributed by atoms with Gasteiger partial charge in [-0.15, -0.1) is 0 Å². The molecule has 0 unspecified atom stereocenters. The Bertz CT molecular complexity index is 403. The minimum absolute atomic E-state index is 0.614. The fourth-order valence-corrected chi connectivity index (χ4v) is 2.32. The molecular formula is C16H26NO3+. The Morgan fingerprint density at radius 1 is 1.10 bits per heavy atom. The minimum Gasteiger partial charge on any atom is -0.491 e. The predicted molar refractivity (Wildman–Crippen MR) is 78.6 cm³/mol. The average molecular weight is 280 g/mol. The SMILES string of the molecule is Cc1cccc(OCCOCC[NH+]2CCOCC2)c1C. The van der Waals surface area contributed by atoms with Crippen LogP contribution >= 0.6 is 0 Å². The Labute approximate surface area is 121 Å². The first-order valence-corrected chi connectivity index (χ1v) is 7.45. The third-order valence-electron chi connectivity index (χ3n) is 3.84. The normalized spacial score (nSPS) is 16.3. The van der Waals surface area contributed by atoms with Crippen LogP contribution in [0.25, 0.3) is 0 Å². The van der Waals surface area contributed by atoms with E-state index in [0.29, 0.717) is 13.2 Å². The second-order valence-electron chi connectivity index (χ2n) is 5.27. The molecule has 1 N–H and O–H groups in total. The molecule has 0 aliphatic carbocycles. The highest BCUT2D eigenvalue weighted by Crippen LogP contribution is 2.20. The van der Waals surface area contributed by atoms with Crippen LogP contribution in [0.4, 0.5) is 0 Å². The molecule has 1 saturated heterocycles. The summed E-state index contributed by atoms with van der Waals surface area (Å²) in [7, 11) is 0. The van der Waals surface area contributed by atoms with Crippen LogP contribution in [0.3, 0.4) is 0 Å². The molecule has 0 atom stereocenters. The summed E-state index contributed by atoms with van der Waals surface area (Å²) in [5.41, 5.74) is 2.48. The van der Waals surface area contributed by atoms with E-state index in [-0.39, 0.29) is 0 Å². The van der Waals surface area contributed by atoms with Crippen LogP contribution in [-0.4, -0.2) is 52.7 Å². The first kappa shape index (κ1) is 15.3. The zero-order chi connectivity index (χ0) is 14.2. The summed E-state index contributed by atoms with van der Waals surface area (Å²) in [5, 5.41) is 0. The van der Waals surface area contributed by atoms with Gasteiger partial charge in [0.05, 0.1) is 26.4 Å². The maximum absolute atomic E-state index is 5.76. The minimum atomic E-state index is 0.614. The first-order chi connectivity index (χ1) is 9.77. The molecule has 0 aromatic heterocycles. The molecule has 2 rings (SSSR count). The number of rotatable bonds is 7. The van der Waals surface area contributed by atoms with Gasteiger partial charge in [-0.2, -0.15) is 0 Å². The van der Waals surface area contributed by atoms with Gasteiger partial charge in [-0.25, -0.2) is 0 Å². The van der Waals surface area contributed by atoms with E-state index in [1.165, 1.54) is 11.1 Å². The summed E-state index contributed by atoms with van der Waals surface area (Å²) >= 11 is 0. The van der Waals surface area contributed by atoms with Crippen molar-refractivity contribution in [2.75, 3.05) is 52.7 Å². The first-order valence-electron chi connectivity index (χ1n) is 7.45. The van der Waals surface area contributed by atoms with Gasteiger partial charge in [0.25, 0.3) is 0 Å². The number of quaternary nitrogens is 1. The largest absolute Gasteiger partial charge is 0.491 e. The summed E-state index contributed by atoms with van der Waals surface area (Å²) in [6, 6.07) is 6.14. The van der Waals surface area contributed by atoms with Crippen molar-refractivity contribution in [3.05, 3.63) is 29.3 Å². The van der Waals surface area contributed by atoms with Crippen molar-refractivity contribution >= 4 is 0 Å². The van der Waals surface area contributed by atoms with Gasteiger partial charge in [0.15, 0.2) is 0 Å². The van der Waals surface area contributed by atoms with E-state index < -0.39 is 0 Å². The molecule has 1 fully saturated rings. The second-order valence-corrected chi connectivity index (χ2v) is 5.27. The standard InChI is InChI=1S/C16H25NO3/c1-14-4-3-5-16(15(14)2)20-13-12-19-11-8-17-6-9-18-10-7-17/h3-5H,6-13H2,1-2H3/p+1. The molecule has 0 spiro atoms. The van der Waals surface area contributed by atoms with Gasteiger partial charge in [0.2, 0.25) is 0 Å². The van der Waals surface area contributed by atoms with Gasteiger partial charge < -0.3 is 19.1 Å². The Morgan fingerprint density at radius 3 is 2.70 bits per heavy atom. The zero-order valence-corrected chi connectivity index (χ0v) is 12.6. The summed E-state index contributed by atoms with van der Waals surface area (Å²) < 4.78 is 16.7. The van der Waals surface area contributed by atoms with E-state index in [2.05, 4.69) is 19.9 Å². The second kappa shape index (κ2) is 8.25. The number of morpholine rings is 1. The quantitative estimate of drug-likeness (QED) is 0.743. The maximum Gasteiger partial charge on any atom is 0.122 e. The van der Waals surface area contributed by atoms with Crippen LogP contribution in [0.5, 0.6) is 5.75 Å². The summed E-state index contributed by atoms with van der Waals surface area (Å²) in [6.07, 6.45) is 0. The van der Waals surface area contributed by atoms with E-state index in [4.69, 9.17) is 14.2 Å². The Morgan fingerprint density at radius 2 is 1.90 bits per heavy atom. The molecule has 1 aliphatic rings. The van der Waals surface area contributed by atoms with E-state index >= 15 is 0 Å². The van der Waals surface area contributed by atoms with Crippen molar-refractivity contribution in [2.45, 2.75) is 13.8 Å². The Kier molecular flexibility index (Phi) is 6.30. The lowest BCUT2D eigenvalue weighted by Crippen LogP contribution is -3.14. The zero-order valence-electron chi connectivity index (χ0n) is 12.6. The molecule has 0 bridgehead atoms. The highest BCUT2D eigenvalue weighted by molar-refractivity contribution is 5.38. The molecule has 0 saturated carbocycles. The monoisotopic (exact) mass is 280 g/mol. The highest BCUT2D eigenvalue weighted by Gasteiger charge is 2.12. The third-order valence-corrected chi connectivity index (χ3v) is 3.84. The van der Waals surface area contributed by atoms with Crippen LogP contribution in [0.15, 0.2) is 18.2 Å². The molecule has 1 aliphatic heterocycles. The van der Waals surface area contributed by atoms with Gasteiger partial charge in [0, 0.05) is 0 Å². The molecule has 4 heteroatoms. The maximum atomic E-state index is 5.76. The van der Waals surface area contributed by atoms with Gasteiger partial charge >= 0.3 is 0 Å². The molecule has 1 aromatic carbocycles. The molecule has 4 nitrogen and oxygen atoms in total. The molecule has 1 heterocycles. The summed E-state index contributed by atoms with van der Waals surface area (Å²) in [6.45, 7) is 11.3. The van der Waals surface area contributed by atoms with Crippen molar-refractivity contribution in [2.24, 2.45) is 0 Å². The molecule has 112 valence electrons. The van der Waals surface area contributed by atoms with Crippen molar-refractivity contribution < 1.29 is 19.1 Å². The fraction of sp³-hybridized carbons (Fsp3) is 0.625. The summed E-state index contributed by atoms with van der Waals surface area (Å²) in [4.78, 5) is 1.58. The number of hydrogen-bond donors (Lipinski definition) is 1. The van der Waals surface area contributed by atoms with Crippen molar-refractivity contribution in [3.8, 4) is 5.75 Å². The lowest BCUT2D eigenvalue weighted by molar-refractivity contribution is -0.908. The van der Waals surface area contributed by atoms with Crippen LogP contribution < -0.4 is 9.64 Å². The highest BCUT2D eigenvalue weighted by atomic mass is 16.5. The van der Waals surface area contributed by atoms with Crippen molar-refractivity contribution in [1.29, 1.82) is 0 Å². The summed E-state index contributed by atoms with van der Waals surface area (Å²) in [5.74, 6) is 0.965. The van der Waals surface area contributed by atoms with Crippen LogP contribution in [0.2, 0.25) is 0 Å². The van der Waals surface area contributed by atoms with E-state index in [1.54, 1.807) is 4.90 Å². The molecular weight excluding hydrogens is 254 g/mol. The van der Waals surface area contributed by atoms with E-state index in [0.717, 1.165) is 45.2 Å². The topological polar surface area (TPSA) is 32.1 Å². The average Bonchev–Trinajstić information content (AvgIpc) is 2.48. The van der Waals surface area contributed by atoms with Gasteiger partial charge in [-0.05, 0) is 31.0 Å². The number of nitrogens with one attached hydrogen (secondary N) is 1. The Balaban J connectivity index is 1.56. The smallest absolute Gasteiger partial charge is 0.122 e. The van der Waals surface area contributed by atoms with Crippen LogP contribution in [0, 0.1) is 13.8 Å². The van der Waals surface area contributed by atoms with Gasteiger partial charge in [-0.3, -0.25) is 0 Å². The third kappa shape index (κ3) is 4.78.